The van der Waals surface area contributed by atoms with Crippen LogP contribution in [0.3, 0.4) is 0 Å². The Bertz CT molecular complexity index is 1070. The normalized spacial score (nSPS) is 12.6. The van der Waals surface area contributed by atoms with Crippen molar-refractivity contribution in [2.45, 2.75) is 24.8 Å². The van der Waals surface area contributed by atoms with Crippen LogP contribution in [0.5, 0.6) is 0 Å². The first-order valence-corrected chi connectivity index (χ1v) is 11.6. The van der Waals surface area contributed by atoms with Crippen molar-refractivity contribution < 1.29 is 38.1 Å². The van der Waals surface area contributed by atoms with Crippen LogP contribution in [0.25, 0.3) is 16.7 Å². The number of hydrogen-bond acceptors (Lipinski definition) is 7. The summed E-state index contributed by atoms with van der Waals surface area (Å²) in [6, 6.07) is 14.8. The average molecular weight is 496 g/mol. The van der Waals surface area contributed by atoms with Gasteiger partial charge in [0.05, 0.1) is 19.8 Å². The molecule has 0 saturated heterocycles. The highest BCUT2D eigenvalue weighted by Gasteiger charge is 2.30. The van der Waals surface area contributed by atoms with E-state index < -0.39 is 23.9 Å². The average Bonchev–Trinajstić information content (AvgIpc) is 3.21. The van der Waals surface area contributed by atoms with Crippen molar-refractivity contribution in [1.29, 1.82) is 0 Å². The first-order chi connectivity index (χ1) is 17.5. The standard InChI is InChI=1S/C26H29N3O7/c1-33-12-13-34-14-15-35-25(31)24(11-10-18(30)16-28-27)29-26(32)36-17-23-21-8-4-2-6-19(21)20-7-3-5-9-22(20)23/h2-9,16,23-24H,10-15,17H2,1H3,(H,29,32)/t24-/m0/s1. The second-order valence-corrected chi connectivity index (χ2v) is 8.04. The largest absolute Gasteiger partial charge is 0.462 e. The molecule has 2 aromatic carbocycles. The highest BCUT2D eigenvalue weighted by atomic mass is 16.6. The molecule has 0 spiro atoms. The molecule has 2 aromatic rings. The van der Waals surface area contributed by atoms with Gasteiger partial charge in [-0.05, 0) is 28.7 Å². The molecule has 1 aliphatic rings. The van der Waals surface area contributed by atoms with Gasteiger partial charge in [-0.25, -0.2) is 9.59 Å². The summed E-state index contributed by atoms with van der Waals surface area (Å²) in [6.45, 7) is 0.963. The van der Waals surface area contributed by atoms with Gasteiger partial charge in [0.25, 0.3) is 0 Å². The van der Waals surface area contributed by atoms with Crippen LogP contribution >= 0.6 is 0 Å². The van der Waals surface area contributed by atoms with E-state index in [-0.39, 0.29) is 38.6 Å². The second-order valence-electron chi connectivity index (χ2n) is 8.04. The number of fused-ring (bicyclic) bond motifs is 3. The van der Waals surface area contributed by atoms with E-state index in [0.717, 1.165) is 28.5 Å². The molecule has 1 aliphatic carbocycles. The summed E-state index contributed by atoms with van der Waals surface area (Å²) >= 11 is 0. The molecule has 0 aliphatic heterocycles. The van der Waals surface area contributed by atoms with Crippen molar-refractivity contribution in [2.24, 2.45) is 0 Å². The molecule has 10 nitrogen and oxygen atoms in total. The number of rotatable bonds is 14. The Labute approximate surface area is 209 Å². The summed E-state index contributed by atoms with van der Waals surface area (Å²) in [7, 11) is 1.55. The predicted molar refractivity (Wildman–Crippen MR) is 130 cm³/mol. The van der Waals surface area contributed by atoms with E-state index in [1.807, 2.05) is 48.5 Å². The van der Waals surface area contributed by atoms with Crippen LogP contribution in [0.1, 0.15) is 29.9 Å². The summed E-state index contributed by atoms with van der Waals surface area (Å²) < 4.78 is 20.8. The monoisotopic (exact) mass is 495 g/mol. The van der Waals surface area contributed by atoms with Crippen molar-refractivity contribution in [3.63, 3.8) is 0 Å². The van der Waals surface area contributed by atoms with Crippen LogP contribution in [0, 0.1) is 0 Å². The van der Waals surface area contributed by atoms with Crippen molar-refractivity contribution in [1.82, 2.24) is 5.32 Å². The van der Waals surface area contributed by atoms with Gasteiger partial charge in [-0.3, -0.25) is 4.79 Å². The van der Waals surface area contributed by atoms with Crippen molar-refractivity contribution >= 4 is 24.1 Å². The summed E-state index contributed by atoms with van der Waals surface area (Å²) in [6.07, 6.45) is -0.270. The van der Waals surface area contributed by atoms with Gasteiger partial charge in [0.15, 0.2) is 0 Å². The number of ketones is 1. The molecule has 1 atom stereocenters. The van der Waals surface area contributed by atoms with Gasteiger partial charge < -0.3 is 29.8 Å². The zero-order valence-electron chi connectivity index (χ0n) is 20.1. The lowest BCUT2D eigenvalue weighted by Crippen LogP contribution is -2.43. The maximum absolute atomic E-state index is 12.6. The Hall–Kier alpha value is -3.85. The van der Waals surface area contributed by atoms with Gasteiger partial charge in [0.2, 0.25) is 5.78 Å². The number of nitrogens with zero attached hydrogens (tertiary/aromatic N) is 2. The molecule has 3 rings (SSSR count). The summed E-state index contributed by atoms with van der Waals surface area (Å²) in [5, 5.41) is 2.49. The number of alkyl carbamates (subject to hydrolysis) is 1. The first kappa shape index (κ1) is 26.7. The summed E-state index contributed by atoms with van der Waals surface area (Å²) in [5.41, 5.74) is 12.8. The highest BCUT2D eigenvalue weighted by molar-refractivity contribution is 6.25. The number of carbonyl (C=O) groups excluding carboxylic acids is 3. The molecule has 1 N–H and O–H groups in total. The molecule has 0 saturated carbocycles. The fraction of sp³-hybridized carbons (Fsp3) is 0.385. The maximum Gasteiger partial charge on any atom is 0.407 e. The van der Waals surface area contributed by atoms with Crippen LogP contribution in [-0.4, -0.2) is 75.0 Å². The van der Waals surface area contributed by atoms with Crippen molar-refractivity contribution in [2.75, 3.05) is 40.1 Å². The quantitative estimate of drug-likeness (QED) is 0.140. The second kappa shape index (κ2) is 13.9. The van der Waals surface area contributed by atoms with E-state index in [1.165, 1.54) is 0 Å². The first-order valence-electron chi connectivity index (χ1n) is 11.6. The Morgan fingerprint density at radius 3 is 2.25 bits per heavy atom. The fourth-order valence-corrected chi connectivity index (χ4v) is 3.99. The highest BCUT2D eigenvalue weighted by Crippen LogP contribution is 2.44. The topological polar surface area (TPSA) is 137 Å². The molecular formula is C26H29N3O7. The molecule has 1 amide bonds. The predicted octanol–water partition coefficient (Wildman–Crippen LogP) is 2.75. The molecule has 0 radical (unpaired) electrons. The zero-order chi connectivity index (χ0) is 25.8. The molecule has 0 aromatic heterocycles. The zero-order valence-corrected chi connectivity index (χ0v) is 20.1. The Morgan fingerprint density at radius 1 is 0.972 bits per heavy atom. The van der Waals surface area contributed by atoms with Gasteiger partial charge >= 0.3 is 18.3 Å². The van der Waals surface area contributed by atoms with E-state index in [4.69, 9.17) is 24.5 Å². The molecule has 0 bridgehead atoms. The number of nitrogens with one attached hydrogen (secondary N) is 1. The van der Waals surface area contributed by atoms with E-state index >= 15 is 0 Å². The number of benzene rings is 2. The van der Waals surface area contributed by atoms with Crippen LogP contribution in [0.4, 0.5) is 4.79 Å². The number of Topliss-reactive ketones (excluding diaryl/α,β-unsaturated/α-hetero) is 1. The van der Waals surface area contributed by atoms with E-state index in [9.17, 15) is 14.4 Å². The number of amides is 1. The molecule has 36 heavy (non-hydrogen) atoms. The van der Waals surface area contributed by atoms with Crippen LogP contribution < -0.4 is 5.32 Å². The third kappa shape index (κ3) is 7.32. The third-order valence-electron chi connectivity index (χ3n) is 5.71. The number of esters is 1. The van der Waals surface area contributed by atoms with Gasteiger partial charge in [0.1, 0.15) is 19.3 Å². The van der Waals surface area contributed by atoms with Gasteiger partial charge in [0, 0.05) is 19.4 Å². The van der Waals surface area contributed by atoms with Gasteiger partial charge in [-0.15, -0.1) is 0 Å². The summed E-state index contributed by atoms with van der Waals surface area (Å²) in [4.78, 5) is 39.6. The minimum absolute atomic E-state index is 0.0303. The van der Waals surface area contributed by atoms with Crippen molar-refractivity contribution in [3.8, 4) is 11.1 Å². The summed E-state index contributed by atoms with van der Waals surface area (Å²) in [5.74, 6) is -1.37. The van der Waals surface area contributed by atoms with Gasteiger partial charge in [-0.2, -0.15) is 4.79 Å². The number of methoxy groups -OCH3 is 1. The lowest BCUT2D eigenvalue weighted by molar-refractivity contribution is -0.148. The van der Waals surface area contributed by atoms with Gasteiger partial charge in [-0.1, -0.05) is 48.5 Å². The van der Waals surface area contributed by atoms with Crippen molar-refractivity contribution in [3.05, 3.63) is 65.2 Å². The number of carbonyl (C=O) groups is 3. The molecule has 0 fully saturated rings. The number of hydrogen-bond donors (Lipinski definition) is 1. The maximum atomic E-state index is 12.6. The lowest BCUT2D eigenvalue weighted by Gasteiger charge is -2.19. The Morgan fingerprint density at radius 2 is 1.61 bits per heavy atom. The Kier molecular flexibility index (Phi) is 10.3. The fourth-order valence-electron chi connectivity index (χ4n) is 3.99. The van der Waals surface area contributed by atoms with E-state index in [1.54, 1.807) is 7.11 Å². The smallest absolute Gasteiger partial charge is 0.407 e. The minimum atomic E-state index is -1.13. The lowest BCUT2D eigenvalue weighted by atomic mass is 9.98. The van der Waals surface area contributed by atoms with Crippen LogP contribution in [-0.2, 0) is 28.5 Å². The Balaban J connectivity index is 1.58. The molecule has 0 heterocycles. The number of ether oxygens (including phenoxy) is 4. The van der Waals surface area contributed by atoms with Crippen LogP contribution in [0.15, 0.2) is 48.5 Å². The third-order valence-corrected chi connectivity index (χ3v) is 5.71. The van der Waals surface area contributed by atoms with E-state index in [2.05, 4.69) is 10.1 Å². The molecule has 10 heteroatoms. The molecule has 190 valence electrons. The van der Waals surface area contributed by atoms with E-state index in [0.29, 0.717) is 13.2 Å². The SMILES string of the molecule is COCCOCCOC(=O)[C@H](CCC(=O)C=[N+]=[N-])NC(=O)OCC1c2ccccc2-c2ccccc21. The minimum Gasteiger partial charge on any atom is -0.462 e. The molecule has 0 unspecified atom stereocenters. The van der Waals surface area contributed by atoms with Crippen LogP contribution in [0.2, 0.25) is 0 Å². The molecular weight excluding hydrogens is 466 g/mol.